The Morgan fingerprint density at radius 3 is 2.56 bits per heavy atom. The number of fused-ring (bicyclic) bond motifs is 1. The number of aromatic amines is 1. The number of aromatic nitrogens is 6. The van der Waals surface area contributed by atoms with Crippen LogP contribution in [-0.2, 0) is 14.8 Å². The maximum atomic E-state index is 13.1. The van der Waals surface area contributed by atoms with Crippen LogP contribution in [0.2, 0.25) is 5.02 Å². The standard InChI is InChI=1S/C26H23ClN8O5S/c1-16-13-22(29-24(36)17-5-7-20(8-6-17)41(38,39)33-9-11-40-12-10-33)35(32-16)26-30-23-21(25(37)31-26)15-28-34(23)19-4-2-3-18(27)14-19/h2-8,13-15H,9-12H2,1H3,(H,29,36)(H,30,31,37). The number of morpholine rings is 1. The minimum Gasteiger partial charge on any atom is -0.379 e. The van der Waals surface area contributed by atoms with Gasteiger partial charge in [0.1, 0.15) is 11.2 Å². The van der Waals surface area contributed by atoms with Crippen LogP contribution < -0.4 is 10.9 Å². The molecule has 2 aromatic carbocycles. The van der Waals surface area contributed by atoms with Gasteiger partial charge in [-0.2, -0.15) is 24.2 Å². The molecule has 41 heavy (non-hydrogen) atoms. The van der Waals surface area contributed by atoms with E-state index >= 15 is 0 Å². The Balaban J connectivity index is 1.30. The topological polar surface area (TPSA) is 157 Å². The summed E-state index contributed by atoms with van der Waals surface area (Å²) in [5, 5.41) is 12.2. The van der Waals surface area contributed by atoms with Gasteiger partial charge in [-0.15, -0.1) is 0 Å². The van der Waals surface area contributed by atoms with Crippen LogP contribution in [0.4, 0.5) is 5.82 Å². The zero-order valence-electron chi connectivity index (χ0n) is 21.6. The van der Waals surface area contributed by atoms with E-state index in [0.717, 1.165) is 0 Å². The van der Waals surface area contributed by atoms with Gasteiger partial charge in [0, 0.05) is 29.7 Å². The number of anilines is 1. The lowest BCUT2D eigenvalue weighted by atomic mass is 10.2. The van der Waals surface area contributed by atoms with Crippen molar-refractivity contribution < 1.29 is 17.9 Å². The van der Waals surface area contributed by atoms with Crippen molar-refractivity contribution in [2.75, 3.05) is 31.6 Å². The molecule has 6 rings (SSSR count). The van der Waals surface area contributed by atoms with Gasteiger partial charge in [0.2, 0.25) is 16.0 Å². The zero-order valence-corrected chi connectivity index (χ0v) is 23.2. The van der Waals surface area contributed by atoms with Crippen LogP contribution in [0.25, 0.3) is 22.7 Å². The van der Waals surface area contributed by atoms with Crippen LogP contribution in [-0.4, -0.2) is 74.5 Å². The van der Waals surface area contributed by atoms with Gasteiger partial charge in [-0.25, -0.2) is 13.1 Å². The van der Waals surface area contributed by atoms with E-state index in [1.807, 2.05) is 0 Å². The number of halogens is 1. The number of rotatable bonds is 6. The van der Waals surface area contributed by atoms with Crippen LogP contribution in [0.1, 0.15) is 16.1 Å². The number of sulfonamides is 1. The van der Waals surface area contributed by atoms with Crippen molar-refractivity contribution in [1.82, 2.24) is 33.8 Å². The number of aryl methyl sites for hydroxylation is 1. The highest BCUT2D eigenvalue weighted by molar-refractivity contribution is 7.89. The first-order valence-corrected chi connectivity index (χ1v) is 14.3. The summed E-state index contributed by atoms with van der Waals surface area (Å²) < 4.78 is 35.2. The van der Waals surface area contributed by atoms with Gasteiger partial charge in [0.15, 0.2) is 5.65 Å². The number of nitrogens with one attached hydrogen (secondary N) is 2. The first-order valence-electron chi connectivity index (χ1n) is 12.5. The summed E-state index contributed by atoms with van der Waals surface area (Å²) in [5.41, 5.74) is 1.22. The molecule has 1 aliphatic rings. The molecular weight excluding hydrogens is 572 g/mol. The third-order valence-corrected chi connectivity index (χ3v) is 8.62. The number of amides is 1. The number of hydrogen-bond donors (Lipinski definition) is 2. The maximum absolute atomic E-state index is 13.1. The van der Waals surface area contributed by atoms with Crippen molar-refractivity contribution in [2.24, 2.45) is 0 Å². The number of carbonyl (C=O) groups excluding carboxylic acids is 1. The minimum atomic E-state index is -3.70. The summed E-state index contributed by atoms with van der Waals surface area (Å²) in [6, 6.07) is 14.2. The molecule has 4 heterocycles. The monoisotopic (exact) mass is 594 g/mol. The van der Waals surface area contributed by atoms with Crippen molar-refractivity contribution in [3.8, 4) is 11.6 Å². The number of H-pyrrole nitrogens is 1. The number of hydrogen-bond acceptors (Lipinski definition) is 8. The largest absolute Gasteiger partial charge is 0.379 e. The second-order valence-corrected chi connectivity index (χ2v) is 11.6. The first kappa shape index (κ1) is 26.8. The van der Waals surface area contributed by atoms with Gasteiger partial charge in [-0.05, 0) is 49.4 Å². The Bertz CT molecular complexity index is 1940. The van der Waals surface area contributed by atoms with Crippen molar-refractivity contribution in [1.29, 1.82) is 0 Å². The van der Waals surface area contributed by atoms with Crippen molar-refractivity contribution in [3.63, 3.8) is 0 Å². The molecule has 15 heteroatoms. The Hall–Kier alpha value is -4.37. The highest BCUT2D eigenvalue weighted by Crippen LogP contribution is 2.22. The van der Waals surface area contributed by atoms with E-state index in [-0.39, 0.29) is 46.3 Å². The fourth-order valence-corrected chi connectivity index (χ4v) is 6.05. The summed E-state index contributed by atoms with van der Waals surface area (Å²) >= 11 is 6.14. The Kier molecular flexibility index (Phi) is 6.91. The molecule has 1 fully saturated rings. The first-order chi connectivity index (χ1) is 19.7. The lowest BCUT2D eigenvalue weighted by Gasteiger charge is -2.26. The molecule has 0 saturated carbocycles. The second-order valence-electron chi connectivity index (χ2n) is 9.24. The molecular formula is C26H23ClN8O5S. The Morgan fingerprint density at radius 2 is 1.83 bits per heavy atom. The third kappa shape index (κ3) is 5.13. The Labute approximate surface area is 238 Å². The third-order valence-electron chi connectivity index (χ3n) is 6.48. The predicted octanol–water partition coefficient (Wildman–Crippen LogP) is 2.53. The summed E-state index contributed by atoms with van der Waals surface area (Å²) in [4.78, 5) is 33.4. The predicted molar refractivity (Wildman–Crippen MR) is 150 cm³/mol. The van der Waals surface area contributed by atoms with Gasteiger partial charge in [-0.1, -0.05) is 17.7 Å². The number of ether oxygens (including phenoxy) is 1. The Morgan fingerprint density at radius 1 is 1.07 bits per heavy atom. The number of nitrogens with zero attached hydrogens (tertiary/aromatic N) is 6. The van der Waals surface area contributed by atoms with Crippen LogP contribution in [0.5, 0.6) is 0 Å². The molecule has 0 atom stereocenters. The van der Waals surface area contributed by atoms with E-state index in [1.165, 1.54) is 44.1 Å². The van der Waals surface area contributed by atoms with Crippen molar-refractivity contribution >= 4 is 44.4 Å². The number of carbonyl (C=O) groups is 1. The fraction of sp³-hybridized carbons (Fsp3) is 0.192. The lowest BCUT2D eigenvalue weighted by molar-refractivity contribution is 0.0730. The van der Waals surface area contributed by atoms with Crippen LogP contribution in [0.15, 0.2) is 70.5 Å². The van der Waals surface area contributed by atoms with E-state index in [0.29, 0.717) is 29.6 Å². The highest BCUT2D eigenvalue weighted by Gasteiger charge is 2.26. The molecule has 0 unspecified atom stereocenters. The number of benzene rings is 2. The molecule has 0 spiro atoms. The average molecular weight is 595 g/mol. The van der Waals surface area contributed by atoms with Crippen LogP contribution >= 0.6 is 11.6 Å². The molecule has 13 nitrogen and oxygen atoms in total. The quantitative estimate of drug-likeness (QED) is 0.304. The molecule has 0 bridgehead atoms. The van der Waals surface area contributed by atoms with E-state index < -0.39 is 21.5 Å². The van der Waals surface area contributed by atoms with Gasteiger partial charge < -0.3 is 10.1 Å². The molecule has 5 aromatic rings. The molecule has 210 valence electrons. The van der Waals surface area contributed by atoms with E-state index in [4.69, 9.17) is 16.3 Å². The molecule has 1 aliphatic heterocycles. The van der Waals surface area contributed by atoms with E-state index in [1.54, 1.807) is 37.3 Å². The minimum absolute atomic E-state index is 0.0571. The molecule has 1 amide bonds. The van der Waals surface area contributed by atoms with Gasteiger partial charge in [-0.3, -0.25) is 14.6 Å². The van der Waals surface area contributed by atoms with E-state index in [2.05, 4.69) is 25.5 Å². The molecule has 1 saturated heterocycles. The molecule has 0 aliphatic carbocycles. The summed E-state index contributed by atoms with van der Waals surface area (Å²) in [6.45, 7) is 2.95. The van der Waals surface area contributed by atoms with Gasteiger partial charge in [0.05, 0.1) is 35.7 Å². The average Bonchev–Trinajstić information content (AvgIpc) is 3.57. The van der Waals surface area contributed by atoms with E-state index in [9.17, 15) is 18.0 Å². The molecule has 3 aromatic heterocycles. The smallest absolute Gasteiger partial charge is 0.263 e. The second kappa shape index (κ2) is 10.6. The molecule has 2 N–H and O–H groups in total. The van der Waals surface area contributed by atoms with Crippen molar-refractivity contribution in [2.45, 2.75) is 11.8 Å². The highest BCUT2D eigenvalue weighted by atomic mass is 35.5. The normalized spacial score (nSPS) is 14.4. The van der Waals surface area contributed by atoms with Gasteiger partial charge in [0.25, 0.3) is 11.5 Å². The summed E-state index contributed by atoms with van der Waals surface area (Å²) in [5.74, 6) is -0.204. The van der Waals surface area contributed by atoms with Crippen LogP contribution in [0.3, 0.4) is 0 Å². The van der Waals surface area contributed by atoms with Crippen molar-refractivity contribution in [3.05, 3.63) is 87.4 Å². The fourth-order valence-electron chi connectivity index (χ4n) is 4.46. The van der Waals surface area contributed by atoms with Crippen LogP contribution in [0, 0.1) is 6.92 Å². The zero-order chi connectivity index (χ0) is 28.7. The summed E-state index contributed by atoms with van der Waals surface area (Å²) in [7, 11) is -3.70. The lowest BCUT2D eigenvalue weighted by Crippen LogP contribution is -2.40. The van der Waals surface area contributed by atoms with Gasteiger partial charge >= 0.3 is 0 Å². The SMILES string of the molecule is Cc1cc(NC(=O)c2ccc(S(=O)(=O)N3CCOCC3)cc2)n(-c2nc3c(cnn3-c3cccc(Cl)c3)c(=O)[nH]2)n1. The summed E-state index contributed by atoms with van der Waals surface area (Å²) in [6.07, 6.45) is 1.41. The molecule has 0 radical (unpaired) electrons. The maximum Gasteiger partial charge on any atom is 0.263 e.